The number of aromatic nitrogens is 3. The van der Waals surface area contributed by atoms with E-state index in [1.165, 1.54) is 37.7 Å². The van der Waals surface area contributed by atoms with Crippen LogP contribution in [0.25, 0.3) is 0 Å². The van der Waals surface area contributed by atoms with E-state index in [2.05, 4.69) is 58.9 Å². The Morgan fingerprint density at radius 2 is 1.82 bits per heavy atom. The molecule has 0 aliphatic heterocycles. The van der Waals surface area contributed by atoms with Gasteiger partial charge in [0.1, 0.15) is 5.82 Å². The number of benzene rings is 1. The summed E-state index contributed by atoms with van der Waals surface area (Å²) in [4.78, 5) is 0. The van der Waals surface area contributed by atoms with Crippen molar-refractivity contribution in [3.8, 4) is 0 Å². The predicted octanol–water partition coefficient (Wildman–Crippen LogP) is 5.20. The summed E-state index contributed by atoms with van der Waals surface area (Å²) < 4.78 is 2.44. The zero-order valence-corrected chi connectivity index (χ0v) is 14.4. The van der Waals surface area contributed by atoms with Gasteiger partial charge in [-0.2, -0.15) is 0 Å². The fraction of sp³-hybridized carbons (Fsp3) is 0.556. The number of nitrogens with zero attached hydrogens (tertiary/aromatic N) is 3. The normalized spacial score (nSPS) is 16.3. The van der Waals surface area contributed by atoms with Crippen LogP contribution in [0.1, 0.15) is 69.3 Å². The van der Waals surface area contributed by atoms with Crippen molar-refractivity contribution < 1.29 is 0 Å². The van der Waals surface area contributed by atoms with Crippen molar-refractivity contribution in [3.63, 3.8) is 0 Å². The Bertz CT molecular complexity index is 586. The average Bonchev–Trinajstić information content (AvgIpc) is 2.99. The number of thioether (sulfide) groups is 1. The Morgan fingerprint density at radius 1 is 1.09 bits per heavy atom. The minimum atomic E-state index is 0.431. The molecule has 0 N–H and O–H groups in total. The minimum Gasteiger partial charge on any atom is -0.303 e. The van der Waals surface area contributed by atoms with Crippen molar-refractivity contribution in [2.24, 2.45) is 0 Å². The summed E-state index contributed by atoms with van der Waals surface area (Å²) in [6.45, 7) is 4.43. The molecular weight excluding hydrogens is 290 g/mol. The van der Waals surface area contributed by atoms with Gasteiger partial charge in [-0.1, -0.05) is 75.2 Å². The zero-order chi connectivity index (χ0) is 15.4. The summed E-state index contributed by atoms with van der Waals surface area (Å²) in [6, 6.07) is 11.2. The molecule has 1 aliphatic carbocycles. The molecule has 1 fully saturated rings. The Balaban J connectivity index is 1.80. The molecule has 4 heteroatoms. The molecule has 1 heterocycles. The SMILES string of the molecule is CC(C)c1nnc(SCc2ccccc2)n1C1CCCCC1. The van der Waals surface area contributed by atoms with Crippen LogP contribution >= 0.6 is 11.8 Å². The van der Waals surface area contributed by atoms with Gasteiger partial charge in [0, 0.05) is 17.7 Å². The van der Waals surface area contributed by atoms with Crippen LogP contribution in [0.5, 0.6) is 0 Å². The molecule has 118 valence electrons. The Kier molecular flexibility index (Phi) is 5.19. The van der Waals surface area contributed by atoms with E-state index in [9.17, 15) is 0 Å². The number of hydrogen-bond acceptors (Lipinski definition) is 3. The van der Waals surface area contributed by atoms with E-state index in [1.807, 2.05) is 11.8 Å². The first-order valence-corrected chi connectivity index (χ1v) is 9.36. The van der Waals surface area contributed by atoms with Gasteiger partial charge < -0.3 is 4.57 Å². The first kappa shape index (κ1) is 15.6. The second-order valence-corrected chi connectivity index (χ2v) is 7.37. The summed E-state index contributed by atoms with van der Waals surface area (Å²) in [5.74, 6) is 2.55. The summed E-state index contributed by atoms with van der Waals surface area (Å²) in [5.41, 5.74) is 1.34. The largest absolute Gasteiger partial charge is 0.303 e. The smallest absolute Gasteiger partial charge is 0.191 e. The third-order valence-corrected chi connectivity index (χ3v) is 5.37. The topological polar surface area (TPSA) is 30.7 Å². The van der Waals surface area contributed by atoms with Gasteiger partial charge in [-0.3, -0.25) is 0 Å². The van der Waals surface area contributed by atoms with E-state index < -0.39 is 0 Å². The van der Waals surface area contributed by atoms with Gasteiger partial charge in [-0.25, -0.2) is 0 Å². The first-order valence-electron chi connectivity index (χ1n) is 8.37. The highest BCUT2D eigenvalue weighted by atomic mass is 32.2. The highest BCUT2D eigenvalue weighted by Crippen LogP contribution is 2.35. The predicted molar refractivity (Wildman–Crippen MR) is 92.2 cm³/mol. The standard InChI is InChI=1S/C18H25N3S/c1-14(2)17-19-20-18(21(17)16-11-7-4-8-12-16)22-13-15-9-5-3-6-10-15/h3,5-6,9-10,14,16H,4,7-8,11-13H2,1-2H3. The van der Waals surface area contributed by atoms with E-state index in [0.717, 1.165) is 16.7 Å². The highest BCUT2D eigenvalue weighted by molar-refractivity contribution is 7.98. The second kappa shape index (κ2) is 7.32. The van der Waals surface area contributed by atoms with Gasteiger partial charge >= 0.3 is 0 Å². The van der Waals surface area contributed by atoms with Crippen molar-refractivity contribution in [2.75, 3.05) is 0 Å². The van der Waals surface area contributed by atoms with Crippen molar-refractivity contribution in [3.05, 3.63) is 41.7 Å². The van der Waals surface area contributed by atoms with E-state index in [0.29, 0.717) is 12.0 Å². The summed E-state index contributed by atoms with van der Waals surface area (Å²) >= 11 is 1.82. The number of rotatable bonds is 5. The fourth-order valence-corrected chi connectivity index (χ4v) is 4.15. The molecule has 0 amide bonds. The van der Waals surface area contributed by atoms with Crippen LogP contribution in [0.2, 0.25) is 0 Å². The molecule has 2 aromatic rings. The van der Waals surface area contributed by atoms with Crippen LogP contribution < -0.4 is 0 Å². The van der Waals surface area contributed by atoms with Crippen LogP contribution in [0.4, 0.5) is 0 Å². The highest BCUT2D eigenvalue weighted by Gasteiger charge is 2.24. The van der Waals surface area contributed by atoms with Gasteiger partial charge in [-0.15, -0.1) is 10.2 Å². The Morgan fingerprint density at radius 3 is 2.50 bits per heavy atom. The average molecular weight is 315 g/mol. The number of hydrogen-bond donors (Lipinski definition) is 0. The minimum absolute atomic E-state index is 0.431. The van der Waals surface area contributed by atoms with Crippen molar-refractivity contribution in [1.29, 1.82) is 0 Å². The van der Waals surface area contributed by atoms with E-state index in [4.69, 9.17) is 0 Å². The lowest BCUT2D eigenvalue weighted by molar-refractivity contribution is 0.326. The molecule has 0 radical (unpaired) electrons. The van der Waals surface area contributed by atoms with Crippen molar-refractivity contribution in [1.82, 2.24) is 14.8 Å². The molecule has 1 aromatic carbocycles. The maximum absolute atomic E-state index is 4.50. The third-order valence-electron chi connectivity index (χ3n) is 4.36. The molecule has 0 atom stereocenters. The lowest BCUT2D eigenvalue weighted by Crippen LogP contribution is -2.17. The Labute approximate surface area is 137 Å². The fourth-order valence-electron chi connectivity index (χ4n) is 3.19. The molecule has 1 aromatic heterocycles. The van der Waals surface area contributed by atoms with Crippen LogP contribution in [0.3, 0.4) is 0 Å². The monoisotopic (exact) mass is 315 g/mol. The van der Waals surface area contributed by atoms with Gasteiger partial charge in [0.15, 0.2) is 5.16 Å². The molecule has 22 heavy (non-hydrogen) atoms. The van der Waals surface area contributed by atoms with Gasteiger partial charge in [0.05, 0.1) is 0 Å². The summed E-state index contributed by atoms with van der Waals surface area (Å²) in [6.07, 6.45) is 6.60. The van der Waals surface area contributed by atoms with Crippen LogP contribution in [0, 0.1) is 0 Å². The van der Waals surface area contributed by atoms with Crippen LogP contribution in [-0.2, 0) is 5.75 Å². The third kappa shape index (κ3) is 3.54. The zero-order valence-electron chi connectivity index (χ0n) is 13.5. The van der Waals surface area contributed by atoms with Crippen molar-refractivity contribution in [2.45, 2.75) is 68.8 Å². The van der Waals surface area contributed by atoms with Gasteiger partial charge in [0.25, 0.3) is 0 Å². The molecule has 3 rings (SSSR count). The molecule has 0 spiro atoms. The van der Waals surface area contributed by atoms with Crippen LogP contribution in [0.15, 0.2) is 35.5 Å². The van der Waals surface area contributed by atoms with E-state index in [-0.39, 0.29) is 0 Å². The van der Waals surface area contributed by atoms with E-state index in [1.54, 1.807) is 0 Å². The molecule has 0 saturated heterocycles. The lowest BCUT2D eigenvalue weighted by Gasteiger charge is -2.26. The molecular formula is C18H25N3S. The van der Waals surface area contributed by atoms with E-state index >= 15 is 0 Å². The molecule has 0 bridgehead atoms. The lowest BCUT2D eigenvalue weighted by atomic mass is 9.95. The maximum atomic E-state index is 4.50. The second-order valence-electron chi connectivity index (χ2n) is 6.43. The summed E-state index contributed by atoms with van der Waals surface area (Å²) in [5, 5.41) is 10.1. The molecule has 0 unspecified atom stereocenters. The van der Waals surface area contributed by atoms with Gasteiger partial charge in [-0.05, 0) is 18.4 Å². The molecule has 1 aliphatic rings. The van der Waals surface area contributed by atoms with Gasteiger partial charge in [0.2, 0.25) is 0 Å². The Hall–Kier alpha value is -1.29. The maximum Gasteiger partial charge on any atom is 0.191 e. The summed E-state index contributed by atoms with van der Waals surface area (Å²) in [7, 11) is 0. The molecule has 3 nitrogen and oxygen atoms in total. The van der Waals surface area contributed by atoms with Crippen molar-refractivity contribution >= 4 is 11.8 Å². The quantitative estimate of drug-likeness (QED) is 0.711. The first-order chi connectivity index (χ1) is 10.8. The molecule has 1 saturated carbocycles. The van der Waals surface area contributed by atoms with Crippen LogP contribution in [-0.4, -0.2) is 14.8 Å².